The summed E-state index contributed by atoms with van der Waals surface area (Å²) in [6, 6.07) is 0. The Labute approximate surface area is 232 Å². The van der Waals surface area contributed by atoms with Gasteiger partial charge in [-0.3, -0.25) is 13.9 Å². The first-order valence-electron chi connectivity index (χ1n) is 16.4. The monoisotopic (exact) mass is 547 g/mol. The number of nitrogens with zero attached hydrogens (tertiary/aromatic N) is 1. The molecule has 2 unspecified atom stereocenters. The van der Waals surface area contributed by atoms with Crippen molar-refractivity contribution in [2.75, 3.05) is 19.7 Å². The van der Waals surface area contributed by atoms with Gasteiger partial charge in [0.1, 0.15) is 6.23 Å². The highest BCUT2D eigenvalue weighted by molar-refractivity contribution is 7.47. The summed E-state index contributed by atoms with van der Waals surface area (Å²) < 4.78 is 23.9. The second-order valence-electron chi connectivity index (χ2n) is 11.0. The van der Waals surface area contributed by atoms with Gasteiger partial charge in [0.2, 0.25) is 0 Å². The van der Waals surface area contributed by atoms with E-state index in [1.165, 1.54) is 116 Å². The molecule has 0 radical (unpaired) electrons. The molecular weight excluding hydrogens is 481 g/mol. The van der Waals surface area contributed by atoms with Crippen LogP contribution in [0.2, 0.25) is 0 Å². The Hall–Kier alpha value is 0.0700. The lowest BCUT2D eigenvalue weighted by molar-refractivity contribution is -0.00917. The summed E-state index contributed by atoms with van der Waals surface area (Å²) in [7, 11) is -4.05. The number of rotatable bonds is 30. The van der Waals surface area contributed by atoms with Gasteiger partial charge in [-0.1, -0.05) is 150 Å². The van der Waals surface area contributed by atoms with Gasteiger partial charge in [-0.15, -0.1) is 0 Å². The predicted octanol–water partition coefficient (Wildman–Crippen LogP) is 10.8. The maximum Gasteiger partial charge on any atom is 0.473 e. The molecule has 0 fully saturated rings. The zero-order valence-corrected chi connectivity index (χ0v) is 26.4. The highest BCUT2D eigenvalue weighted by atomic mass is 31.2. The molecule has 0 aliphatic heterocycles. The molecule has 224 valence electrons. The Morgan fingerprint density at radius 2 is 0.919 bits per heavy atom. The molecule has 0 amide bonds. The molecule has 0 aromatic heterocycles. The number of phosphoric acid groups is 1. The van der Waals surface area contributed by atoms with Crippen LogP contribution in [0.3, 0.4) is 0 Å². The summed E-state index contributed by atoms with van der Waals surface area (Å²) in [5.74, 6) is 0. The summed E-state index contributed by atoms with van der Waals surface area (Å²) in [6.07, 6.45) is 27.6. The van der Waals surface area contributed by atoms with Gasteiger partial charge in [0.15, 0.2) is 0 Å². The van der Waals surface area contributed by atoms with Gasteiger partial charge in [-0.2, -0.15) is 0 Å². The van der Waals surface area contributed by atoms with Gasteiger partial charge in [-0.25, -0.2) is 4.57 Å². The molecule has 5 nitrogen and oxygen atoms in total. The summed E-state index contributed by atoms with van der Waals surface area (Å²) in [5, 5.41) is 0. The summed E-state index contributed by atoms with van der Waals surface area (Å²) in [5.41, 5.74) is 0. The van der Waals surface area contributed by atoms with Crippen molar-refractivity contribution in [3.63, 3.8) is 0 Å². The van der Waals surface area contributed by atoms with Crippen LogP contribution in [0.4, 0.5) is 0 Å². The lowest BCUT2D eigenvalue weighted by Gasteiger charge is -2.31. The van der Waals surface area contributed by atoms with E-state index >= 15 is 0 Å². The van der Waals surface area contributed by atoms with Gasteiger partial charge >= 0.3 is 7.82 Å². The maximum atomic E-state index is 12.7. The minimum atomic E-state index is -4.05. The molecule has 0 saturated carbocycles. The van der Waals surface area contributed by atoms with E-state index < -0.39 is 7.82 Å². The van der Waals surface area contributed by atoms with Crippen molar-refractivity contribution in [2.24, 2.45) is 0 Å². The number of hydrogen-bond acceptors (Lipinski definition) is 4. The van der Waals surface area contributed by atoms with E-state index in [2.05, 4.69) is 25.7 Å². The third-order valence-corrected chi connectivity index (χ3v) is 8.38. The fourth-order valence-corrected chi connectivity index (χ4v) is 5.95. The first-order chi connectivity index (χ1) is 18.0. The molecule has 0 saturated heterocycles. The SMILES string of the molecule is CCCCCCCCCCCCOP(=O)(O)OC(CC)N(CCCCCCCC)CCCCCCCC. The molecule has 0 aromatic carbocycles. The first kappa shape index (κ1) is 37.1. The average molecular weight is 548 g/mol. The third-order valence-electron chi connectivity index (χ3n) is 7.36. The first-order valence-corrected chi connectivity index (χ1v) is 17.9. The minimum Gasteiger partial charge on any atom is -0.302 e. The Bertz CT molecular complexity index is 490. The highest BCUT2D eigenvalue weighted by Crippen LogP contribution is 2.45. The molecule has 0 aromatic rings. The molecule has 1 N–H and O–H groups in total. The van der Waals surface area contributed by atoms with E-state index in [9.17, 15) is 9.46 Å². The Kier molecular flexibility index (Phi) is 27.7. The van der Waals surface area contributed by atoms with Crippen LogP contribution in [0, 0.1) is 0 Å². The van der Waals surface area contributed by atoms with Gasteiger partial charge in [-0.05, 0) is 25.7 Å². The van der Waals surface area contributed by atoms with Crippen molar-refractivity contribution in [2.45, 2.75) is 182 Å². The van der Waals surface area contributed by atoms with Crippen LogP contribution >= 0.6 is 7.82 Å². The average Bonchev–Trinajstić information content (AvgIpc) is 2.88. The Morgan fingerprint density at radius 3 is 1.30 bits per heavy atom. The second kappa shape index (κ2) is 27.6. The molecule has 0 aliphatic rings. The number of phosphoric ester groups is 1. The van der Waals surface area contributed by atoms with Crippen molar-refractivity contribution in [3.8, 4) is 0 Å². The van der Waals surface area contributed by atoms with Crippen LogP contribution in [0.5, 0.6) is 0 Å². The second-order valence-corrected chi connectivity index (χ2v) is 12.4. The fourth-order valence-electron chi connectivity index (χ4n) is 4.94. The zero-order chi connectivity index (χ0) is 27.5. The summed E-state index contributed by atoms with van der Waals surface area (Å²) in [6.45, 7) is 11.0. The van der Waals surface area contributed by atoms with E-state index in [0.29, 0.717) is 13.0 Å². The molecule has 0 spiro atoms. The van der Waals surface area contributed by atoms with Crippen molar-refractivity contribution >= 4 is 7.82 Å². The van der Waals surface area contributed by atoms with E-state index in [1.807, 2.05) is 6.92 Å². The van der Waals surface area contributed by atoms with Crippen molar-refractivity contribution < 1.29 is 18.5 Å². The fraction of sp³-hybridized carbons (Fsp3) is 1.00. The van der Waals surface area contributed by atoms with Crippen molar-refractivity contribution in [1.82, 2.24) is 4.90 Å². The molecule has 2 atom stereocenters. The molecule has 0 aliphatic carbocycles. The molecule has 0 rings (SSSR count). The van der Waals surface area contributed by atoms with Crippen molar-refractivity contribution in [3.05, 3.63) is 0 Å². The normalized spacial score (nSPS) is 14.3. The quantitative estimate of drug-likeness (QED) is 0.0550. The van der Waals surface area contributed by atoms with Crippen LogP contribution in [0.25, 0.3) is 0 Å². The van der Waals surface area contributed by atoms with Gasteiger partial charge in [0.25, 0.3) is 0 Å². The van der Waals surface area contributed by atoms with Crippen LogP contribution < -0.4 is 0 Å². The smallest absolute Gasteiger partial charge is 0.302 e. The standard InChI is InChI=1S/C31H66NO4P/c1-5-9-12-15-18-19-20-21-24-27-30-35-37(33,34)36-31(8-4)32(28-25-22-16-13-10-6-2)29-26-23-17-14-11-7-3/h31H,5-30H2,1-4H3,(H,33,34). The molecule has 6 heteroatoms. The maximum absolute atomic E-state index is 12.7. The van der Waals surface area contributed by atoms with Crippen LogP contribution in [0.15, 0.2) is 0 Å². The van der Waals surface area contributed by atoms with Crippen LogP contribution in [0.1, 0.15) is 175 Å². The minimum absolute atomic E-state index is 0.301. The van der Waals surface area contributed by atoms with Crippen LogP contribution in [-0.2, 0) is 13.6 Å². The van der Waals surface area contributed by atoms with Crippen molar-refractivity contribution in [1.29, 1.82) is 0 Å². The number of unbranched alkanes of at least 4 members (excludes halogenated alkanes) is 19. The summed E-state index contributed by atoms with van der Waals surface area (Å²) in [4.78, 5) is 12.7. The lowest BCUT2D eigenvalue weighted by Crippen LogP contribution is -2.38. The lowest BCUT2D eigenvalue weighted by atomic mass is 10.1. The Morgan fingerprint density at radius 1 is 0.568 bits per heavy atom. The largest absolute Gasteiger partial charge is 0.473 e. The molecule has 0 heterocycles. The van der Waals surface area contributed by atoms with Gasteiger partial charge in [0, 0.05) is 13.1 Å². The topological polar surface area (TPSA) is 59.0 Å². The Balaban J connectivity index is 4.38. The summed E-state index contributed by atoms with van der Waals surface area (Å²) >= 11 is 0. The van der Waals surface area contributed by atoms with Crippen LogP contribution in [-0.4, -0.2) is 35.7 Å². The molecule has 37 heavy (non-hydrogen) atoms. The highest BCUT2D eigenvalue weighted by Gasteiger charge is 2.29. The van der Waals surface area contributed by atoms with E-state index in [-0.39, 0.29) is 6.23 Å². The number of hydrogen-bond donors (Lipinski definition) is 1. The van der Waals surface area contributed by atoms with E-state index in [1.54, 1.807) is 0 Å². The van der Waals surface area contributed by atoms with E-state index in [0.717, 1.165) is 38.8 Å². The molecule has 0 bridgehead atoms. The van der Waals surface area contributed by atoms with E-state index in [4.69, 9.17) is 9.05 Å². The predicted molar refractivity (Wildman–Crippen MR) is 161 cm³/mol. The molecular formula is C31H66NO4P. The zero-order valence-electron chi connectivity index (χ0n) is 25.5. The van der Waals surface area contributed by atoms with Gasteiger partial charge < -0.3 is 4.89 Å². The van der Waals surface area contributed by atoms with Gasteiger partial charge in [0.05, 0.1) is 6.61 Å². The third kappa shape index (κ3) is 24.8.